The number of halogens is 1. The fourth-order valence-electron chi connectivity index (χ4n) is 3.80. The van der Waals surface area contributed by atoms with E-state index in [0.717, 1.165) is 40.2 Å². The van der Waals surface area contributed by atoms with E-state index in [1.54, 1.807) is 11.1 Å². The zero-order chi connectivity index (χ0) is 21.1. The minimum Gasteiger partial charge on any atom is -0.378 e. The van der Waals surface area contributed by atoms with Crippen molar-refractivity contribution in [1.29, 1.82) is 0 Å². The van der Waals surface area contributed by atoms with Gasteiger partial charge in [-0.05, 0) is 48.4 Å². The summed E-state index contributed by atoms with van der Waals surface area (Å²) in [5, 5.41) is 2.99. The first-order valence-electron chi connectivity index (χ1n) is 10.1. The third kappa shape index (κ3) is 4.65. The number of pyridine rings is 1. The van der Waals surface area contributed by atoms with Crippen LogP contribution in [-0.4, -0.2) is 49.6 Å². The summed E-state index contributed by atoms with van der Waals surface area (Å²) in [6.07, 6.45) is 2.00. The molecule has 0 bridgehead atoms. The highest BCUT2D eigenvalue weighted by molar-refractivity contribution is 9.10. The van der Waals surface area contributed by atoms with Gasteiger partial charge < -0.3 is 19.9 Å². The second-order valence-electron chi connectivity index (χ2n) is 7.68. The number of nitrogens with zero attached hydrogens (tertiary/aromatic N) is 3. The Morgan fingerprint density at radius 3 is 2.83 bits per heavy atom. The van der Waals surface area contributed by atoms with Crippen molar-refractivity contribution in [3.63, 3.8) is 0 Å². The zero-order valence-corrected chi connectivity index (χ0v) is 18.5. The number of carbonyl (C=O) groups excluding carboxylic acids is 2. The number of rotatable bonds is 5. The molecule has 4 rings (SSSR count). The lowest BCUT2D eigenvalue weighted by atomic mass is 10.1. The fourth-order valence-corrected chi connectivity index (χ4v) is 4.05. The molecule has 1 N–H and O–H groups in total. The molecule has 0 aliphatic carbocycles. The van der Waals surface area contributed by atoms with E-state index in [-0.39, 0.29) is 24.2 Å². The maximum Gasteiger partial charge on any atom is 0.227 e. The first kappa shape index (κ1) is 20.8. The Balaban J connectivity index is 1.35. The molecule has 1 aromatic carbocycles. The van der Waals surface area contributed by atoms with E-state index < -0.39 is 0 Å². The molecule has 7 nitrogen and oxygen atoms in total. The predicted molar refractivity (Wildman–Crippen MR) is 118 cm³/mol. The van der Waals surface area contributed by atoms with Crippen LogP contribution in [0.5, 0.6) is 0 Å². The molecule has 158 valence electrons. The summed E-state index contributed by atoms with van der Waals surface area (Å²) in [5.41, 5.74) is 2.88. The molecule has 1 unspecified atom stereocenters. The number of anilines is 2. The molecule has 0 spiro atoms. The van der Waals surface area contributed by atoms with Crippen molar-refractivity contribution >= 4 is 39.2 Å². The third-order valence-corrected chi connectivity index (χ3v) is 6.45. The molecule has 2 amide bonds. The summed E-state index contributed by atoms with van der Waals surface area (Å²) in [7, 11) is 0. The van der Waals surface area contributed by atoms with Crippen LogP contribution >= 0.6 is 15.9 Å². The molecule has 1 aromatic heterocycles. The predicted octanol–water partition coefficient (Wildman–Crippen LogP) is 2.66. The number of morpholine rings is 1. The second kappa shape index (κ2) is 9.14. The van der Waals surface area contributed by atoms with Crippen LogP contribution in [0.4, 0.5) is 11.5 Å². The number of nitrogens with one attached hydrogen (secondary N) is 1. The van der Waals surface area contributed by atoms with Crippen molar-refractivity contribution in [2.75, 3.05) is 42.6 Å². The van der Waals surface area contributed by atoms with Crippen molar-refractivity contribution in [1.82, 2.24) is 10.3 Å². The molecule has 0 radical (unpaired) electrons. The van der Waals surface area contributed by atoms with Crippen LogP contribution in [0, 0.1) is 12.8 Å². The van der Waals surface area contributed by atoms with Gasteiger partial charge in [0.15, 0.2) is 0 Å². The molecule has 1 atom stereocenters. The van der Waals surface area contributed by atoms with E-state index in [9.17, 15) is 9.59 Å². The molecule has 2 saturated heterocycles. The number of hydrogen-bond donors (Lipinski definition) is 1. The summed E-state index contributed by atoms with van der Waals surface area (Å²) < 4.78 is 6.39. The average molecular weight is 473 g/mol. The molecular formula is C22H25BrN4O3. The van der Waals surface area contributed by atoms with E-state index >= 15 is 0 Å². The van der Waals surface area contributed by atoms with Crippen molar-refractivity contribution in [2.45, 2.75) is 19.9 Å². The normalized spacial score (nSPS) is 19.3. The smallest absolute Gasteiger partial charge is 0.227 e. The van der Waals surface area contributed by atoms with Gasteiger partial charge in [-0.15, -0.1) is 0 Å². The van der Waals surface area contributed by atoms with Crippen LogP contribution in [0.2, 0.25) is 0 Å². The molecule has 2 aromatic rings. The summed E-state index contributed by atoms with van der Waals surface area (Å²) in [6.45, 7) is 5.84. The molecule has 3 heterocycles. The van der Waals surface area contributed by atoms with Gasteiger partial charge in [0.1, 0.15) is 5.82 Å². The lowest BCUT2D eigenvalue weighted by molar-refractivity contribution is -0.126. The minimum absolute atomic E-state index is 0.0182. The number of aryl methyl sites for hydroxylation is 1. The highest BCUT2D eigenvalue weighted by atomic mass is 79.9. The van der Waals surface area contributed by atoms with Gasteiger partial charge in [-0.3, -0.25) is 9.59 Å². The number of benzene rings is 1. The van der Waals surface area contributed by atoms with Crippen LogP contribution in [0.15, 0.2) is 41.0 Å². The average Bonchev–Trinajstić information content (AvgIpc) is 3.16. The Hall–Kier alpha value is -2.45. The quantitative estimate of drug-likeness (QED) is 0.723. The maximum atomic E-state index is 12.7. The van der Waals surface area contributed by atoms with Crippen molar-refractivity contribution in [2.24, 2.45) is 5.92 Å². The Labute approximate surface area is 184 Å². The van der Waals surface area contributed by atoms with Gasteiger partial charge in [-0.25, -0.2) is 4.98 Å². The van der Waals surface area contributed by atoms with Gasteiger partial charge in [0.2, 0.25) is 11.8 Å². The standard InChI is InChI=1S/C22H25BrN4O3/c1-15-10-18(2-3-19(15)23)27-14-17(12-21(27)28)22(29)25-13-16-4-5-24-20(11-16)26-6-8-30-9-7-26/h2-5,10-11,17H,6-9,12-14H2,1H3,(H,25,29). The number of hydrogen-bond acceptors (Lipinski definition) is 5. The number of carbonyl (C=O) groups is 2. The number of aromatic nitrogens is 1. The zero-order valence-electron chi connectivity index (χ0n) is 16.9. The first-order chi connectivity index (χ1) is 14.5. The summed E-state index contributed by atoms with van der Waals surface area (Å²) >= 11 is 3.48. The minimum atomic E-state index is -0.345. The topological polar surface area (TPSA) is 74.8 Å². The van der Waals surface area contributed by atoms with Gasteiger partial charge in [0, 0.05) is 49.0 Å². The Bertz CT molecular complexity index is 946. The molecular weight excluding hydrogens is 448 g/mol. The molecule has 8 heteroatoms. The Morgan fingerprint density at radius 2 is 2.07 bits per heavy atom. The van der Waals surface area contributed by atoms with Gasteiger partial charge in [-0.1, -0.05) is 15.9 Å². The SMILES string of the molecule is Cc1cc(N2CC(C(=O)NCc3ccnc(N4CCOCC4)c3)CC2=O)ccc1Br. The summed E-state index contributed by atoms with van der Waals surface area (Å²) in [6, 6.07) is 9.70. The summed E-state index contributed by atoms with van der Waals surface area (Å²) in [5.74, 6) is 0.444. The molecule has 0 saturated carbocycles. The van der Waals surface area contributed by atoms with E-state index in [0.29, 0.717) is 26.3 Å². The van der Waals surface area contributed by atoms with Gasteiger partial charge >= 0.3 is 0 Å². The highest BCUT2D eigenvalue weighted by Gasteiger charge is 2.35. The van der Waals surface area contributed by atoms with Crippen LogP contribution in [-0.2, 0) is 20.9 Å². The van der Waals surface area contributed by atoms with Crippen LogP contribution in [0.1, 0.15) is 17.5 Å². The Kier molecular flexibility index (Phi) is 6.34. The van der Waals surface area contributed by atoms with Crippen LogP contribution in [0.3, 0.4) is 0 Å². The lowest BCUT2D eigenvalue weighted by Gasteiger charge is -2.28. The molecule has 2 aliphatic rings. The van der Waals surface area contributed by atoms with Gasteiger partial charge in [0.05, 0.1) is 19.1 Å². The molecule has 2 fully saturated rings. The fraction of sp³-hybridized carbons (Fsp3) is 0.409. The van der Waals surface area contributed by atoms with Crippen molar-refractivity contribution in [3.8, 4) is 0 Å². The van der Waals surface area contributed by atoms with Crippen LogP contribution < -0.4 is 15.1 Å². The van der Waals surface area contributed by atoms with Gasteiger partial charge in [-0.2, -0.15) is 0 Å². The first-order valence-corrected chi connectivity index (χ1v) is 10.9. The number of amides is 2. The largest absolute Gasteiger partial charge is 0.378 e. The molecule has 30 heavy (non-hydrogen) atoms. The Morgan fingerprint density at radius 1 is 1.27 bits per heavy atom. The summed E-state index contributed by atoms with van der Waals surface area (Å²) in [4.78, 5) is 33.5. The van der Waals surface area contributed by atoms with Gasteiger partial charge in [0.25, 0.3) is 0 Å². The van der Waals surface area contributed by atoms with Crippen LogP contribution in [0.25, 0.3) is 0 Å². The monoisotopic (exact) mass is 472 g/mol. The third-order valence-electron chi connectivity index (χ3n) is 5.56. The van der Waals surface area contributed by atoms with E-state index in [1.165, 1.54) is 0 Å². The van der Waals surface area contributed by atoms with E-state index in [4.69, 9.17) is 4.74 Å². The van der Waals surface area contributed by atoms with E-state index in [1.807, 2.05) is 37.3 Å². The van der Waals surface area contributed by atoms with Crippen molar-refractivity contribution in [3.05, 3.63) is 52.1 Å². The van der Waals surface area contributed by atoms with Crippen molar-refractivity contribution < 1.29 is 14.3 Å². The lowest BCUT2D eigenvalue weighted by Crippen LogP contribution is -2.37. The second-order valence-corrected chi connectivity index (χ2v) is 8.53. The highest BCUT2D eigenvalue weighted by Crippen LogP contribution is 2.28. The van der Waals surface area contributed by atoms with E-state index in [2.05, 4.69) is 31.1 Å². The number of ether oxygens (including phenoxy) is 1. The molecule has 2 aliphatic heterocycles. The maximum absolute atomic E-state index is 12.7.